The van der Waals surface area contributed by atoms with Gasteiger partial charge in [0.25, 0.3) is 0 Å². The van der Waals surface area contributed by atoms with E-state index in [4.69, 9.17) is 14.0 Å². The largest absolute Gasteiger partial charge is 0.493 e. The second-order valence-corrected chi connectivity index (χ2v) is 8.06. The minimum absolute atomic E-state index is 0.0363. The van der Waals surface area contributed by atoms with Crippen LogP contribution in [-0.2, 0) is 10.3 Å². The third-order valence-corrected chi connectivity index (χ3v) is 5.67. The summed E-state index contributed by atoms with van der Waals surface area (Å²) in [7, 11) is 1.53. The predicted octanol–water partition coefficient (Wildman–Crippen LogP) is 4.11. The summed E-state index contributed by atoms with van der Waals surface area (Å²) in [4.78, 5) is 28.7. The highest BCUT2D eigenvalue weighted by atomic mass is 16.5. The molecule has 1 N–H and O–H groups in total. The number of amides is 1. The van der Waals surface area contributed by atoms with Gasteiger partial charge in [0.2, 0.25) is 11.8 Å². The van der Waals surface area contributed by atoms with Crippen molar-refractivity contribution in [3.8, 4) is 11.5 Å². The molecule has 1 saturated carbocycles. The van der Waals surface area contributed by atoms with Gasteiger partial charge in [-0.25, -0.2) is 0 Å². The van der Waals surface area contributed by atoms with Crippen molar-refractivity contribution in [3.05, 3.63) is 35.5 Å². The molecule has 0 spiro atoms. The lowest BCUT2D eigenvalue weighted by atomic mass is 9.89. The summed E-state index contributed by atoms with van der Waals surface area (Å²) >= 11 is 0. The molecular formula is C23H31N3O5. The van der Waals surface area contributed by atoms with Crippen molar-refractivity contribution in [3.63, 3.8) is 0 Å². The number of carbonyl (C=O) groups is 2. The van der Waals surface area contributed by atoms with Crippen molar-refractivity contribution in [1.29, 1.82) is 0 Å². The van der Waals surface area contributed by atoms with E-state index in [1.165, 1.54) is 14.0 Å². The SMILES string of the molecule is COc1cc(C(C)=O)ccc1OCCCC(=O)NC1(c2noc(C)n2)CCCCCC1. The molecule has 1 heterocycles. The molecule has 3 rings (SSSR count). The zero-order valence-electron chi connectivity index (χ0n) is 18.5. The minimum atomic E-state index is -0.558. The number of hydrogen-bond acceptors (Lipinski definition) is 7. The molecule has 168 valence electrons. The van der Waals surface area contributed by atoms with Crippen LogP contribution in [0.5, 0.6) is 11.5 Å². The van der Waals surface area contributed by atoms with Gasteiger partial charge in [-0.1, -0.05) is 30.8 Å². The number of carbonyl (C=O) groups excluding carboxylic acids is 2. The zero-order valence-corrected chi connectivity index (χ0v) is 18.5. The molecule has 8 heteroatoms. The number of hydrogen-bond donors (Lipinski definition) is 1. The minimum Gasteiger partial charge on any atom is -0.493 e. The predicted molar refractivity (Wildman–Crippen MR) is 114 cm³/mol. The van der Waals surface area contributed by atoms with Crippen LogP contribution in [0.1, 0.15) is 80.4 Å². The third-order valence-electron chi connectivity index (χ3n) is 5.67. The van der Waals surface area contributed by atoms with Crippen molar-refractivity contribution >= 4 is 11.7 Å². The fraction of sp³-hybridized carbons (Fsp3) is 0.565. The van der Waals surface area contributed by atoms with Gasteiger partial charge in [0.15, 0.2) is 23.1 Å². The fourth-order valence-corrected chi connectivity index (χ4v) is 3.98. The van der Waals surface area contributed by atoms with Crippen LogP contribution < -0.4 is 14.8 Å². The number of aromatic nitrogens is 2. The lowest BCUT2D eigenvalue weighted by Crippen LogP contribution is -2.46. The summed E-state index contributed by atoms with van der Waals surface area (Å²) in [6, 6.07) is 5.08. The molecule has 0 saturated heterocycles. The van der Waals surface area contributed by atoms with Gasteiger partial charge >= 0.3 is 0 Å². The summed E-state index contributed by atoms with van der Waals surface area (Å²) < 4.78 is 16.3. The van der Waals surface area contributed by atoms with Gasteiger partial charge < -0.3 is 19.3 Å². The van der Waals surface area contributed by atoms with Crippen LogP contribution in [0.25, 0.3) is 0 Å². The Bertz CT molecular complexity index is 900. The highest BCUT2D eigenvalue weighted by molar-refractivity contribution is 5.94. The first-order valence-electron chi connectivity index (χ1n) is 10.9. The Morgan fingerprint density at radius 1 is 1.16 bits per heavy atom. The maximum atomic E-state index is 12.7. The molecule has 0 atom stereocenters. The van der Waals surface area contributed by atoms with Gasteiger partial charge in [-0.2, -0.15) is 4.98 Å². The molecule has 1 aliphatic carbocycles. The lowest BCUT2D eigenvalue weighted by molar-refractivity contribution is -0.123. The van der Waals surface area contributed by atoms with Crippen molar-refractivity contribution in [2.45, 2.75) is 70.8 Å². The van der Waals surface area contributed by atoms with Crippen molar-refractivity contribution < 1.29 is 23.6 Å². The van der Waals surface area contributed by atoms with E-state index in [-0.39, 0.29) is 11.7 Å². The van der Waals surface area contributed by atoms with Crippen LogP contribution in [0, 0.1) is 6.92 Å². The van der Waals surface area contributed by atoms with E-state index < -0.39 is 5.54 Å². The van der Waals surface area contributed by atoms with Crippen LogP contribution in [0.2, 0.25) is 0 Å². The van der Waals surface area contributed by atoms with Gasteiger partial charge in [0.05, 0.1) is 13.7 Å². The monoisotopic (exact) mass is 429 g/mol. The molecule has 1 aliphatic rings. The Hall–Kier alpha value is -2.90. The van der Waals surface area contributed by atoms with Crippen LogP contribution >= 0.6 is 0 Å². The van der Waals surface area contributed by atoms with Gasteiger partial charge in [0, 0.05) is 18.9 Å². The average molecular weight is 430 g/mol. The van der Waals surface area contributed by atoms with Crippen LogP contribution in [-0.4, -0.2) is 35.5 Å². The van der Waals surface area contributed by atoms with Gasteiger partial charge in [0.1, 0.15) is 5.54 Å². The summed E-state index contributed by atoms with van der Waals surface area (Å²) in [5.74, 6) is 2.05. The number of benzene rings is 1. The smallest absolute Gasteiger partial charge is 0.223 e. The Morgan fingerprint density at radius 2 is 1.90 bits per heavy atom. The Balaban J connectivity index is 1.56. The van der Waals surface area contributed by atoms with E-state index in [2.05, 4.69) is 15.5 Å². The van der Waals surface area contributed by atoms with E-state index in [0.29, 0.717) is 48.2 Å². The lowest BCUT2D eigenvalue weighted by Gasteiger charge is -2.30. The number of nitrogens with one attached hydrogen (secondary N) is 1. The maximum absolute atomic E-state index is 12.7. The molecule has 0 bridgehead atoms. The molecule has 1 aromatic heterocycles. The number of ketones is 1. The molecule has 1 amide bonds. The topological polar surface area (TPSA) is 104 Å². The first-order valence-corrected chi connectivity index (χ1v) is 10.9. The van der Waals surface area contributed by atoms with E-state index in [0.717, 1.165) is 38.5 Å². The highest BCUT2D eigenvalue weighted by Crippen LogP contribution is 2.35. The number of methoxy groups -OCH3 is 1. The first kappa shape index (κ1) is 22.8. The van der Waals surface area contributed by atoms with Crippen molar-refractivity contribution in [2.24, 2.45) is 0 Å². The summed E-state index contributed by atoms with van der Waals surface area (Å²) in [6.07, 6.45) is 6.83. The zero-order chi connectivity index (χ0) is 22.3. The molecule has 31 heavy (non-hydrogen) atoms. The van der Waals surface area contributed by atoms with Gasteiger partial charge in [-0.3, -0.25) is 9.59 Å². The van der Waals surface area contributed by atoms with Crippen molar-refractivity contribution in [1.82, 2.24) is 15.5 Å². The summed E-state index contributed by atoms with van der Waals surface area (Å²) in [5, 5.41) is 7.32. The molecule has 1 fully saturated rings. The maximum Gasteiger partial charge on any atom is 0.223 e. The number of ether oxygens (including phenoxy) is 2. The third kappa shape index (κ3) is 5.83. The van der Waals surface area contributed by atoms with Crippen molar-refractivity contribution in [2.75, 3.05) is 13.7 Å². The number of nitrogens with zero attached hydrogens (tertiary/aromatic N) is 2. The van der Waals surface area contributed by atoms with Gasteiger partial charge in [-0.15, -0.1) is 0 Å². The average Bonchev–Trinajstić information content (AvgIpc) is 3.06. The standard InChI is InChI=1S/C23H31N3O5/c1-16(27)18-10-11-19(20(15-18)29-3)30-14-8-9-21(28)25-23(12-6-4-5-7-13-23)22-24-17(2)31-26-22/h10-11,15H,4-9,12-14H2,1-3H3,(H,25,28). The number of rotatable bonds is 9. The summed E-state index contributed by atoms with van der Waals surface area (Å²) in [6.45, 7) is 3.62. The van der Waals surface area contributed by atoms with E-state index in [1.54, 1.807) is 25.1 Å². The molecule has 2 aromatic rings. The number of Topliss-reactive ketones (excluding diaryl/α,β-unsaturated/α-hetero) is 1. The second-order valence-electron chi connectivity index (χ2n) is 8.06. The second kappa shape index (κ2) is 10.4. The Kier molecular flexibility index (Phi) is 7.65. The Morgan fingerprint density at radius 3 is 2.52 bits per heavy atom. The highest BCUT2D eigenvalue weighted by Gasteiger charge is 2.38. The van der Waals surface area contributed by atoms with Crippen LogP contribution in [0.4, 0.5) is 0 Å². The first-order chi connectivity index (χ1) is 14.9. The van der Waals surface area contributed by atoms with E-state index in [9.17, 15) is 9.59 Å². The fourth-order valence-electron chi connectivity index (χ4n) is 3.98. The van der Waals surface area contributed by atoms with E-state index in [1.807, 2.05) is 0 Å². The normalized spacial score (nSPS) is 15.7. The number of aryl methyl sites for hydroxylation is 1. The molecule has 0 unspecified atom stereocenters. The summed E-state index contributed by atoms with van der Waals surface area (Å²) in [5.41, 5.74) is 0.00627. The molecule has 0 aliphatic heterocycles. The molecule has 1 aromatic carbocycles. The van der Waals surface area contributed by atoms with Gasteiger partial charge in [-0.05, 0) is 44.4 Å². The molecule has 8 nitrogen and oxygen atoms in total. The quantitative estimate of drug-likeness (QED) is 0.363. The molecular weight excluding hydrogens is 398 g/mol. The Labute approximate surface area is 182 Å². The van der Waals surface area contributed by atoms with Crippen LogP contribution in [0.3, 0.4) is 0 Å². The van der Waals surface area contributed by atoms with E-state index >= 15 is 0 Å². The molecule has 0 radical (unpaired) electrons. The van der Waals surface area contributed by atoms with Crippen LogP contribution in [0.15, 0.2) is 22.7 Å².